The van der Waals surface area contributed by atoms with Crippen molar-refractivity contribution in [3.8, 4) is 0 Å². The van der Waals surface area contributed by atoms with Crippen molar-refractivity contribution in [1.29, 1.82) is 0 Å². The number of aromatic nitrogens is 2. The number of imidazole rings is 1. The molecule has 1 atom stereocenters. The predicted molar refractivity (Wildman–Crippen MR) is 68.3 cm³/mol. The number of ether oxygens (including phenoxy) is 1. The molecule has 1 fully saturated rings. The highest BCUT2D eigenvalue weighted by Gasteiger charge is 2.32. The van der Waals surface area contributed by atoms with Gasteiger partial charge in [-0.15, -0.1) is 0 Å². The fourth-order valence-electron chi connectivity index (χ4n) is 2.27. The van der Waals surface area contributed by atoms with Crippen LogP contribution in [0.5, 0.6) is 0 Å². The SMILES string of the molecule is CCOC(=O)C1CCCN1Cc1ncc(Cl)n1C. The van der Waals surface area contributed by atoms with Gasteiger partial charge in [0.2, 0.25) is 0 Å². The van der Waals surface area contributed by atoms with Crippen LogP contribution in [0.25, 0.3) is 0 Å². The molecule has 6 heteroatoms. The van der Waals surface area contributed by atoms with Gasteiger partial charge in [-0.25, -0.2) is 4.98 Å². The minimum Gasteiger partial charge on any atom is -0.465 e. The topological polar surface area (TPSA) is 47.4 Å². The summed E-state index contributed by atoms with van der Waals surface area (Å²) in [7, 11) is 1.88. The molecule has 1 aliphatic rings. The first kappa shape index (κ1) is 13.4. The molecule has 0 N–H and O–H groups in total. The summed E-state index contributed by atoms with van der Waals surface area (Å²) in [6.45, 7) is 3.79. The first-order valence-corrected chi connectivity index (χ1v) is 6.58. The third-order valence-electron chi connectivity index (χ3n) is 3.29. The van der Waals surface area contributed by atoms with Gasteiger partial charge in [-0.3, -0.25) is 9.69 Å². The standard InChI is InChI=1S/C12H18ClN3O2/c1-3-18-12(17)9-5-4-6-16(9)8-11-14-7-10(13)15(11)2/h7,9H,3-6,8H2,1-2H3. The Morgan fingerprint density at radius 2 is 2.44 bits per heavy atom. The molecule has 0 aromatic carbocycles. The second-order valence-electron chi connectivity index (χ2n) is 4.44. The van der Waals surface area contributed by atoms with E-state index in [4.69, 9.17) is 16.3 Å². The first-order valence-electron chi connectivity index (χ1n) is 6.20. The lowest BCUT2D eigenvalue weighted by Gasteiger charge is -2.22. The molecule has 1 aliphatic heterocycles. The average molecular weight is 272 g/mol. The molecule has 1 aromatic rings. The summed E-state index contributed by atoms with van der Waals surface area (Å²) in [6.07, 6.45) is 3.50. The lowest BCUT2D eigenvalue weighted by molar-refractivity contribution is -0.148. The van der Waals surface area contributed by atoms with Crippen LogP contribution in [0.4, 0.5) is 0 Å². The smallest absolute Gasteiger partial charge is 0.323 e. The van der Waals surface area contributed by atoms with E-state index in [1.165, 1.54) is 0 Å². The Morgan fingerprint density at radius 3 is 3.06 bits per heavy atom. The summed E-state index contributed by atoms with van der Waals surface area (Å²) in [4.78, 5) is 18.2. The lowest BCUT2D eigenvalue weighted by Crippen LogP contribution is -2.37. The van der Waals surface area contributed by atoms with Crippen molar-refractivity contribution in [3.63, 3.8) is 0 Å². The van der Waals surface area contributed by atoms with Crippen molar-refractivity contribution < 1.29 is 9.53 Å². The normalized spacial score (nSPS) is 20.3. The van der Waals surface area contributed by atoms with Crippen molar-refractivity contribution in [3.05, 3.63) is 17.2 Å². The summed E-state index contributed by atoms with van der Waals surface area (Å²) >= 11 is 5.95. The highest BCUT2D eigenvalue weighted by Crippen LogP contribution is 2.21. The molecule has 0 amide bonds. The van der Waals surface area contributed by atoms with Gasteiger partial charge in [0.15, 0.2) is 0 Å². The van der Waals surface area contributed by atoms with Crippen molar-refractivity contribution >= 4 is 17.6 Å². The number of hydrogen-bond acceptors (Lipinski definition) is 4. The zero-order valence-corrected chi connectivity index (χ0v) is 11.5. The molecule has 0 radical (unpaired) electrons. The van der Waals surface area contributed by atoms with E-state index in [0.717, 1.165) is 25.2 Å². The van der Waals surface area contributed by atoms with Gasteiger partial charge in [-0.05, 0) is 26.3 Å². The number of hydrogen-bond donors (Lipinski definition) is 0. The average Bonchev–Trinajstić information content (AvgIpc) is 2.92. The summed E-state index contributed by atoms with van der Waals surface area (Å²) in [6, 6.07) is -0.138. The van der Waals surface area contributed by atoms with Gasteiger partial charge in [-0.2, -0.15) is 0 Å². The van der Waals surface area contributed by atoms with E-state index in [2.05, 4.69) is 9.88 Å². The maximum absolute atomic E-state index is 11.8. The van der Waals surface area contributed by atoms with Crippen molar-refractivity contribution in [2.45, 2.75) is 32.4 Å². The van der Waals surface area contributed by atoms with Gasteiger partial charge >= 0.3 is 5.97 Å². The third kappa shape index (κ3) is 2.67. The molecule has 0 saturated carbocycles. The number of esters is 1. The lowest BCUT2D eigenvalue weighted by atomic mass is 10.2. The minimum atomic E-state index is -0.138. The Balaban J connectivity index is 2.04. The maximum Gasteiger partial charge on any atom is 0.323 e. The summed E-state index contributed by atoms with van der Waals surface area (Å²) in [5.74, 6) is 0.742. The molecule has 5 nitrogen and oxygen atoms in total. The van der Waals surface area contributed by atoms with E-state index >= 15 is 0 Å². The van der Waals surface area contributed by atoms with Crippen LogP contribution < -0.4 is 0 Å². The highest BCUT2D eigenvalue weighted by molar-refractivity contribution is 6.29. The number of halogens is 1. The number of rotatable bonds is 4. The predicted octanol–water partition coefficient (Wildman–Crippen LogP) is 1.60. The van der Waals surface area contributed by atoms with Gasteiger partial charge < -0.3 is 9.30 Å². The Labute approximate surface area is 112 Å². The summed E-state index contributed by atoms with van der Waals surface area (Å²) in [5, 5.41) is 0.608. The molecule has 0 aliphatic carbocycles. The summed E-state index contributed by atoms with van der Waals surface area (Å²) in [5.41, 5.74) is 0. The minimum absolute atomic E-state index is 0.129. The second kappa shape index (κ2) is 5.71. The molecule has 2 heterocycles. The van der Waals surface area contributed by atoms with Crippen LogP contribution in [-0.2, 0) is 23.1 Å². The van der Waals surface area contributed by atoms with E-state index in [1.54, 1.807) is 6.20 Å². The van der Waals surface area contributed by atoms with Crippen LogP contribution in [0, 0.1) is 0 Å². The molecular weight excluding hydrogens is 254 g/mol. The van der Waals surface area contributed by atoms with Gasteiger partial charge in [-0.1, -0.05) is 11.6 Å². The Bertz CT molecular complexity index is 433. The van der Waals surface area contributed by atoms with Gasteiger partial charge in [0, 0.05) is 7.05 Å². The molecule has 1 saturated heterocycles. The van der Waals surface area contributed by atoms with Crippen LogP contribution in [0.2, 0.25) is 5.15 Å². The largest absolute Gasteiger partial charge is 0.465 e. The van der Waals surface area contributed by atoms with Crippen LogP contribution >= 0.6 is 11.6 Å². The van der Waals surface area contributed by atoms with Crippen molar-refractivity contribution in [2.24, 2.45) is 7.05 Å². The van der Waals surface area contributed by atoms with Crippen molar-refractivity contribution in [2.75, 3.05) is 13.2 Å². The van der Waals surface area contributed by atoms with E-state index in [0.29, 0.717) is 18.3 Å². The van der Waals surface area contributed by atoms with Gasteiger partial charge in [0.1, 0.15) is 17.0 Å². The van der Waals surface area contributed by atoms with E-state index in [1.807, 2.05) is 18.5 Å². The van der Waals surface area contributed by atoms with Gasteiger partial charge in [0.25, 0.3) is 0 Å². The first-order chi connectivity index (χ1) is 8.63. The zero-order valence-electron chi connectivity index (χ0n) is 10.7. The van der Waals surface area contributed by atoms with Crippen molar-refractivity contribution in [1.82, 2.24) is 14.5 Å². The summed E-state index contributed by atoms with van der Waals surface area (Å²) < 4.78 is 6.93. The number of nitrogens with zero attached hydrogens (tertiary/aromatic N) is 3. The fourth-order valence-corrected chi connectivity index (χ4v) is 2.42. The Kier molecular flexibility index (Phi) is 4.24. The number of carbonyl (C=O) groups excluding carboxylic acids is 1. The quantitative estimate of drug-likeness (QED) is 0.781. The van der Waals surface area contributed by atoms with E-state index < -0.39 is 0 Å². The Morgan fingerprint density at radius 1 is 1.67 bits per heavy atom. The van der Waals surface area contributed by atoms with Crippen LogP contribution in [0.1, 0.15) is 25.6 Å². The molecule has 100 valence electrons. The second-order valence-corrected chi connectivity index (χ2v) is 4.82. The third-order valence-corrected chi connectivity index (χ3v) is 3.65. The van der Waals surface area contributed by atoms with E-state index in [-0.39, 0.29) is 12.0 Å². The Hall–Kier alpha value is -1.07. The molecule has 0 spiro atoms. The number of likely N-dealkylation sites (tertiary alicyclic amines) is 1. The molecule has 1 unspecified atom stereocenters. The highest BCUT2D eigenvalue weighted by atomic mass is 35.5. The van der Waals surface area contributed by atoms with Crippen LogP contribution in [-0.4, -0.2) is 39.6 Å². The molecule has 0 bridgehead atoms. The molecular formula is C12H18ClN3O2. The van der Waals surface area contributed by atoms with Gasteiger partial charge in [0.05, 0.1) is 19.3 Å². The van der Waals surface area contributed by atoms with Crippen LogP contribution in [0.3, 0.4) is 0 Å². The molecule has 18 heavy (non-hydrogen) atoms. The maximum atomic E-state index is 11.8. The molecule has 2 rings (SSSR count). The molecule has 1 aromatic heterocycles. The van der Waals surface area contributed by atoms with E-state index in [9.17, 15) is 4.79 Å². The zero-order chi connectivity index (χ0) is 13.1. The monoisotopic (exact) mass is 271 g/mol. The number of carbonyl (C=O) groups is 1. The fraction of sp³-hybridized carbons (Fsp3) is 0.667. The van der Waals surface area contributed by atoms with Crippen LogP contribution in [0.15, 0.2) is 6.20 Å².